The topological polar surface area (TPSA) is 38.0 Å². The second-order valence-corrected chi connectivity index (χ2v) is 2.93. The van der Waals surface area contributed by atoms with E-state index in [-0.39, 0.29) is 0 Å². The van der Waals surface area contributed by atoms with Gasteiger partial charge in [-0.1, -0.05) is 25.1 Å². The summed E-state index contributed by atoms with van der Waals surface area (Å²) in [7, 11) is 0. The van der Waals surface area contributed by atoms with E-state index in [1.807, 2.05) is 0 Å². The SMILES string of the molecule is NNC(=S)C1CCCC1. The average molecular weight is 144 g/mol. The van der Waals surface area contributed by atoms with Gasteiger partial charge in [-0.3, -0.25) is 5.84 Å². The maximum atomic E-state index is 5.16. The van der Waals surface area contributed by atoms with Crippen molar-refractivity contribution in [3.8, 4) is 0 Å². The summed E-state index contributed by atoms with van der Waals surface area (Å²) in [5, 5.41) is 0. The van der Waals surface area contributed by atoms with Gasteiger partial charge >= 0.3 is 0 Å². The van der Waals surface area contributed by atoms with Gasteiger partial charge < -0.3 is 5.43 Å². The van der Waals surface area contributed by atoms with Crippen molar-refractivity contribution < 1.29 is 0 Å². The van der Waals surface area contributed by atoms with Gasteiger partial charge in [-0.05, 0) is 12.8 Å². The fourth-order valence-corrected chi connectivity index (χ4v) is 1.54. The van der Waals surface area contributed by atoms with Gasteiger partial charge in [0, 0.05) is 5.92 Å². The molecule has 0 spiro atoms. The lowest BCUT2D eigenvalue weighted by Crippen LogP contribution is -2.33. The maximum Gasteiger partial charge on any atom is 0.0924 e. The predicted octanol–water partition coefficient (Wildman–Crippen LogP) is 0.967. The minimum Gasteiger partial charge on any atom is -0.318 e. The first-order chi connectivity index (χ1) is 4.34. The molecule has 3 heteroatoms. The zero-order chi connectivity index (χ0) is 6.69. The molecule has 0 atom stereocenters. The number of hydrogen-bond acceptors (Lipinski definition) is 2. The summed E-state index contributed by atoms with van der Waals surface area (Å²) in [6.45, 7) is 0. The summed E-state index contributed by atoms with van der Waals surface area (Å²) in [5.41, 5.74) is 2.54. The normalized spacial score (nSPS) is 20.1. The van der Waals surface area contributed by atoms with Crippen LogP contribution in [0.15, 0.2) is 0 Å². The monoisotopic (exact) mass is 144 g/mol. The van der Waals surface area contributed by atoms with E-state index < -0.39 is 0 Å². The van der Waals surface area contributed by atoms with Gasteiger partial charge in [-0.25, -0.2) is 0 Å². The van der Waals surface area contributed by atoms with E-state index in [9.17, 15) is 0 Å². The van der Waals surface area contributed by atoms with E-state index in [2.05, 4.69) is 5.43 Å². The highest BCUT2D eigenvalue weighted by Crippen LogP contribution is 2.24. The molecule has 0 aliphatic heterocycles. The van der Waals surface area contributed by atoms with Gasteiger partial charge in [0.25, 0.3) is 0 Å². The van der Waals surface area contributed by atoms with Gasteiger partial charge in [0.1, 0.15) is 0 Å². The van der Waals surface area contributed by atoms with Crippen molar-refractivity contribution >= 4 is 17.2 Å². The molecule has 2 nitrogen and oxygen atoms in total. The molecule has 0 aromatic carbocycles. The van der Waals surface area contributed by atoms with Crippen LogP contribution in [0.4, 0.5) is 0 Å². The van der Waals surface area contributed by atoms with E-state index in [0.29, 0.717) is 5.92 Å². The van der Waals surface area contributed by atoms with Crippen molar-refractivity contribution in [2.24, 2.45) is 11.8 Å². The Bertz CT molecular complexity index is 108. The van der Waals surface area contributed by atoms with Gasteiger partial charge in [-0.2, -0.15) is 0 Å². The summed E-state index contributed by atoms with van der Waals surface area (Å²) in [4.78, 5) is 0.840. The van der Waals surface area contributed by atoms with Crippen LogP contribution in [0.3, 0.4) is 0 Å². The summed E-state index contributed by atoms with van der Waals surface area (Å²) in [5.74, 6) is 5.73. The van der Waals surface area contributed by atoms with Crippen LogP contribution in [-0.2, 0) is 0 Å². The Morgan fingerprint density at radius 1 is 1.44 bits per heavy atom. The molecule has 1 rings (SSSR count). The molecule has 0 radical (unpaired) electrons. The molecule has 0 aromatic heterocycles. The summed E-state index contributed by atoms with van der Waals surface area (Å²) in [6.07, 6.45) is 5.07. The number of nitrogens with one attached hydrogen (secondary N) is 1. The number of nitrogens with two attached hydrogens (primary N) is 1. The lowest BCUT2D eigenvalue weighted by atomic mass is 10.1. The Hall–Kier alpha value is -0.150. The molecule has 52 valence electrons. The molecule has 0 heterocycles. The minimum absolute atomic E-state index is 0.574. The van der Waals surface area contributed by atoms with Crippen LogP contribution in [-0.4, -0.2) is 4.99 Å². The summed E-state index contributed by atoms with van der Waals surface area (Å²) < 4.78 is 0. The van der Waals surface area contributed by atoms with E-state index in [4.69, 9.17) is 18.1 Å². The highest BCUT2D eigenvalue weighted by molar-refractivity contribution is 7.80. The Morgan fingerprint density at radius 2 is 2.00 bits per heavy atom. The molecule has 0 amide bonds. The average Bonchev–Trinajstić information content (AvgIpc) is 2.37. The van der Waals surface area contributed by atoms with Crippen molar-refractivity contribution in [2.75, 3.05) is 0 Å². The predicted molar refractivity (Wildman–Crippen MR) is 41.9 cm³/mol. The fraction of sp³-hybridized carbons (Fsp3) is 0.833. The second-order valence-electron chi connectivity index (χ2n) is 2.49. The summed E-state index contributed by atoms with van der Waals surface area (Å²) >= 11 is 4.98. The first-order valence-corrected chi connectivity index (χ1v) is 3.76. The lowest BCUT2D eigenvalue weighted by Gasteiger charge is -2.08. The minimum atomic E-state index is 0.574. The smallest absolute Gasteiger partial charge is 0.0924 e. The first kappa shape index (κ1) is 6.96. The van der Waals surface area contributed by atoms with Gasteiger partial charge in [-0.15, -0.1) is 0 Å². The molecule has 0 aromatic rings. The van der Waals surface area contributed by atoms with Crippen LogP contribution < -0.4 is 11.3 Å². The molecule has 0 bridgehead atoms. The molecule has 3 N–H and O–H groups in total. The van der Waals surface area contributed by atoms with E-state index in [0.717, 1.165) is 4.99 Å². The quantitative estimate of drug-likeness (QED) is 0.327. The van der Waals surface area contributed by atoms with Crippen LogP contribution >= 0.6 is 12.2 Å². The Kier molecular flexibility index (Phi) is 2.42. The van der Waals surface area contributed by atoms with E-state index in [1.54, 1.807) is 0 Å². The van der Waals surface area contributed by atoms with Crippen molar-refractivity contribution in [2.45, 2.75) is 25.7 Å². The van der Waals surface area contributed by atoms with Gasteiger partial charge in [0.05, 0.1) is 4.99 Å². The third kappa shape index (κ3) is 1.63. The lowest BCUT2D eigenvalue weighted by molar-refractivity contribution is 0.709. The van der Waals surface area contributed by atoms with Gasteiger partial charge in [0.2, 0.25) is 0 Å². The van der Waals surface area contributed by atoms with Crippen molar-refractivity contribution in [3.63, 3.8) is 0 Å². The molecule has 0 saturated heterocycles. The maximum absolute atomic E-state index is 5.16. The second kappa shape index (κ2) is 3.13. The van der Waals surface area contributed by atoms with Crippen LogP contribution in [0.5, 0.6) is 0 Å². The van der Waals surface area contributed by atoms with Crippen LogP contribution in [0.25, 0.3) is 0 Å². The number of hydrogen-bond donors (Lipinski definition) is 2. The van der Waals surface area contributed by atoms with Crippen LogP contribution in [0, 0.1) is 5.92 Å². The standard InChI is InChI=1S/C6H12N2S/c7-8-6(9)5-3-1-2-4-5/h5H,1-4,7H2,(H,8,9). The first-order valence-electron chi connectivity index (χ1n) is 3.35. The zero-order valence-electron chi connectivity index (χ0n) is 5.39. The number of rotatable bonds is 1. The molecular weight excluding hydrogens is 132 g/mol. The van der Waals surface area contributed by atoms with Crippen molar-refractivity contribution in [3.05, 3.63) is 0 Å². The molecular formula is C6H12N2S. The molecule has 9 heavy (non-hydrogen) atoms. The van der Waals surface area contributed by atoms with Crippen LogP contribution in [0.2, 0.25) is 0 Å². The van der Waals surface area contributed by atoms with Gasteiger partial charge in [0.15, 0.2) is 0 Å². The van der Waals surface area contributed by atoms with Crippen molar-refractivity contribution in [1.29, 1.82) is 0 Å². The molecule has 1 aliphatic rings. The largest absolute Gasteiger partial charge is 0.318 e. The zero-order valence-corrected chi connectivity index (χ0v) is 6.21. The third-order valence-electron chi connectivity index (χ3n) is 1.87. The fourth-order valence-electron chi connectivity index (χ4n) is 1.31. The molecule has 1 aliphatic carbocycles. The highest BCUT2D eigenvalue weighted by atomic mass is 32.1. The van der Waals surface area contributed by atoms with Crippen molar-refractivity contribution in [1.82, 2.24) is 5.43 Å². The molecule has 1 saturated carbocycles. The number of thiocarbonyl (C=S) groups is 1. The van der Waals surface area contributed by atoms with E-state index >= 15 is 0 Å². The third-order valence-corrected chi connectivity index (χ3v) is 2.32. The van der Waals surface area contributed by atoms with Crippen LogP contribution in [0.1, 0.15) is 25.7 Å². The molecule has 0 unspecified atom stereocenters. The Morgan fingerprint density at radius 3 is 2.44 bits per heavy atom. The Labute approximate surface area is 60.8 Å². The summed E-state index contributed by atoms with van der Waals surface area (Å²) in [6, 6.07) is 0. The number of hydrazine groups is 1. The Balaban J connectivity index is 2.32. The highest BCUT2D eigenvalue weighted by Gasteiger charge is 2.17. The van der Waals surface area contributed by atoms with E-state index in [1.165, 1.54) is 25.7 Å². The molecule has 1 fully saturated rings.